The lowest BCUT2D eigenvalue weighted by Gasteiger charge is -2.09. The van der Waals surface area contributed by atoms with Crippen molar-refractivity contribution in [3.8, 4) is 0 Å². The largest absolute Gasteiger partial charge is 0.294 e. The number of carbonyl (C=O) groups is 1. The Hall–Kier alpha value is -1.77. The number of nitrogens with zero attached hydrogens (tertiary/aromatic N) is 1. The van der Waals surface area contributed by atoms with Gasteiger partial charge in [0, 0.05) is 22.3 Å². The van der Waals surface area contributed by atoms with Crippen LogP contribution in [0.15, 0.2) is 18.2 Å². The van der Waals surface area contributed by atoms with E-state index >= 15 is 0 Å². The number of aryl methyl sites for hydroxylation is 2. The van der Waals surface area contributed by atoms with Gasteiger partial charge in [0.15, 0.2) is 5.78 Å². The fraction of sp³-hybridized carbons (Fsp3) is 0.231. The first-order chi connectivity index (χ1) is 7.50. The van der Waals surface area contributed by atoms with Crippen LogP contribution in [0.2, 0.25) is 0 Å². The highest BCUT2D eigenvalue weighted by molar-refractivity contribution is 6.08. The maximum atomic E-state index is 13.2. The molecule has 0 bridgehead atoms. The van der Waals surface area contributed by atoms with Gasteiger partial charge in [-0.2, -0.15) is 0 Å². The maximum Gasteiger partial charge on any atom is 0.162 e. The van der Waals surface area contributed by atoms with Crippen LogP contribution in [-0.2, 0) is 0 Å². The summed E-state index contributed by atoms with van der Waals surface area (Å²) in [5.74, 6) is -0.416. The number of carbonyl (C=O) groups excluding carboxylic acids is 1. The molecule has 0 saturated carbocycles. The fourth-order valence-electron chi connectivity index (χ4n) is 2.05. The highest BCUT2D eigenvalue weighted by Crippen LogP contribution is 2.24. The van der Waals surface area contributed by atoms with E-state index in [1.807, 2.05) is 6.92 Å². The van der Waals surface area contributed by atoms with E-state index in [2.05, 4.69) is 4.98 Å². The van der Waals surface area contributed by atoms with Gasteiger partial charge in [0.2, 0.25) is 0 Å². The van der Waals surface area contributed by atoms with Gasteiger partial charge in [-0.1, -0.05) is 0 Å². The van der Waals surface area contributed by atoms with Crippen LogP contribution < -0.4 is 0 Å². The van der Waals surface area contributed by atoms with Crippen LogP contribution in [0, 0.1) is 19.7 Å². The predicted molar refractivity (Wildman–Crippen MR) is 61.2 cm³/mol. The van der Waals surface area contributed by atoms with Crippen LogP contribution in [0.25, 0.3) is 10.8 Å². The molecule has 2 aromatic rings. The van der Waals surface area contributed by atoms with Crippen LogP contribution in [0.5, 0.6) is 0 Å². The summed E-state index contributed by atoms with van der Waals surface area (Å²) < 4.78 is 13.2. The van der Waals surface area contributed by atoms with Crippen LogP contribution >= 0.6 is 0 Å². The van der Waals surface area contributed by atoms with E-state index in [0.29, 0.717) is 16.6 Å². The van der Waals surface area contributed by atoms with E-state index in [1.165, 1.54) is 19.1 Å². The molecular formula is C13H12FNO. The Morgan fingerprint density at radius 2 is 1.88 bits per heavy atom. The molecule has 0 atom stereocenters. The summed E-state index contributed by atoms with van der Waals surface area (Å²) in [7, 11) is 0. The van der Waals surface area contributed by atoms with Gasteiger partial charge in [0.1, 0.15) is 5.82 Å². The Bertz CT molecular complexity index is 590. The molecule has 0 saturated heterocycles. The first-order valence-electron chi connectivity index (χ1n) is 5.08. The minimum atomic E-state index is -0.333. The van der Waals surface area contributed by atoms with Crippen molar-refractivity contribution in [3.63, 3.8) is 0 Å². The standard InChI is InChI=1S/C13H12FNO/c1-7-11-5-4-10(14)6-12(11)13(9(3)16)8(2)15-7/h4-6H,1-3H3. The third-order valence-electron chi connectivity index (χ3n) is 2.69. The third-order valence-corrected chi connectivity index (χ3v) is 2.69. The summed E-state index contributed by atoms with van der Waals surface area (Å²) in [6.07, 6.45) is 0. The zero-order valence-corrected chi connectivity index (χ0v) is 9.47. The van der Waals surface area contributed by atoms with E-state index in [4.69, 9.17) is 0 Å². The lowest BCUT2D eigenvalue weighted by Crippen LogP contribution is -2.02. The zero-order chi connectivity index (χ0) is 11.9. The molecule has 2 rings (SSSR count). The Morgan fingerprint density at radius 1 is 1.19 bits per heavy atom. The number of hydrogen-bond acceptors (Lipinski definition) is 2. The number of fused-ring (bicyclic) bond motifs is 1. The van der Waals surface area contributed by atoms with Crippen LogP contribution in [0.3, 0.4) is 0 Å². The van der Waals surface area contributed by atoms with Gasteiger partial charge in [0.25, 0.3) is 0 Å². The van der Waals surface area contributed by atoms with Crippen molar-refractivity contribution < 1.29 is 9.18 Å². The molecule has 0 aliphatic heterocycles. The first-order valence-corrected chi connectivity index (χ1v) is 5.08. The number of hydrogen-bond donors (Lipinski definition) is 0. The third kappa shape index (κ3) is 1.58. The Labute approximate surface area is 93.1 Å². The van der Waals surface area contributed by atoms with E-state index in [1.54, 1.807) is 13.0 Å². The number of aromatic nitrogens is 1. The molecule has 1 aromatic heterocycles. The van der Waals surface area contributed by atoms with E-state index in [-0.39, 0.29) is 11.6 Å². The summed E-state index contributed by atoms with van der Waals surface area (Å²) >= 11 is 0. The summed E-state index contributed by atoms with van der Waals surface area (Å²) in [5.41, 5.74) is 1.99. The lowest BCUT2D eigenvalue weighted by atomic mass is 10.00. The second-order valence-corrected chi connectivity index (χ2v) is 3.90. The number of Topliss-reactive ketones (excluding diaryl/α,β-unsaturated/α-hetero) is 1. The predicted octanol–water partition coefficient (Wildman–Crippen LogP) is 3.19. The van der Waals surface area contributed by atoms with Crippen molar-refractivity contribution in [1.82, 2.24) is 4.98 Å². The smallest absolute Gasteiger partial charge is 0.162 e. The topological polar surface area (TPSA) is 30.0 Å². The number of rotatable bonds is 1. The highest BCUT2D eigenvalue weighted by Gasteiger charge is 2.13. The number of ketones is 1. The van der Waals surface area contributed by atoms with E-state index < -0.39 is 0 Å². The summed E-state index contributed by atoms with van der Waals surface area (Å²) in [6, 6.07) is 4.45. The minimum Gasteiger partial charge on any atom is -0.294 e. The monoisotopic (exact) mass is 217 g/mol. The maximum absolute atomic E-state index is 13.2. The van der Waals surface area contributed by atoms with Gasteiger partial charge >= 0.3 is 0 Å². The van der Waals surface area contributed by atoms with Gasteiger partial charge < -0.3 is 0 Å². The van der Waals surface area contributed by atoms with Gasteiger partial charge in [-0.25, -0.2) is 4.39 Å². The molecule has 1 heterocycles. The summed E-state index contributed by atoms with van der Waals surface area (Å²) in [5, 5.41) is 1.48. The average Bonchev–Trinajstić information content (AvgIpc) is 2.15. The molecule has 0 spiro atoms. The zero-order valence-electron chi connectivity index (χ0n) is 9.47. The average molecular weight is 217 g/mol. The molecule has 0 aliphatic rings. The van der Waals surface area contributed by atoms with Crippen LogP contribution in [-0.4, -0.2) is 10.8 Å². The van der Waals surface area contributed by atoms with Crippen molar-refractivity contribution in [2.75, 3.05) is 0 Å². The fourth-order valence-corrected chi connectivity index (χ4v) is 2.05. The lowest BCUT2D eigenvalue weighted by molar-refractivity contribution is 0.101. The van der Waals surface area contributed by atoms with Gasteiger partial charge in [-0.05, 0) is 44.4 Å². The molecule has 82 valence electrons. The van der Waals surface area contributed by atoms with Crippen molar-refractivity contribution in [1.29, 1.82) is 0 Å². The second-order valence-electron chi connectivity index (χ2n) is 3.90. The van der Waals surface area contributed by atoms with Crippen LogP contribution in [0.1, 0.15) is 28.7 Å². The molecule has 2 nitrogen and oxygen atoms in total. The molecular weight excluding hydrogens is 205 g/mol. The summed E-state index contributed by atoms with van der Waals surface area (Å²) in [4.78, 5) is 15.8. The molecule has 0 unspecified atom stereocenters. The Kier molecular flexibility index (Phi) is 2.46. The van der Waals surface area contributed by atoms with Gasteiger partial charge in [-0.15, -0.1) is 0 Å². The number of halogens is 1. The van der Waals surface area contributed by atoms with Gasteiger partial charge in [0.05, 0.1) is 0 Å². The van der Waals surface area contributed by atoms with E-state index in [0.717, 1.165) is 11.1 Å². The Balaban J connectivity index is 2.97. The normalized spacial score (nSPS) is 10.8. The van der Waals surface area contributed by atoms with Crippen molar-refractivity contribution in [3.05, 3.63) is 41.0 Å². The SMILES string of the molecule is CC(=O)c1c(C)nc(C)c2ccc(F)cc12. The van der Waals surface area contributed by atoms with Crippen molar-refractivity contribution >= 4 is 16.6 Å². The summed E-state index contributed by atoms with van der Waals surface area (Å²) in [6.45, 7) is 5.11. The molecule has 0 fully saturated rings. The molecule has 16 heavy (non-hydrogen) atoms. The van der Waals surface area contributed by atoms with Crippen LogP contribution in [0.4, 0.5) is 4.39 Å². The number of benzene rings is 1. The highest BCUT2D eigenvalue weighted by atomic mass is 19.1. The Morgan fingerprint density at radius 3 is 2.50 bits per heavy atom. The number of pyridine rings is 1. The van der Waals surface area contributed by atoms with E-state index in [9.17, 15) is 9.18 Å². The molecule has 3 heteroatoms. The molecule has 0 aliphatic carbocycles. The molecule has 0 radical (unpaired) electrons. The molecule has 0 N–H and O–H groups in total. The second kappa shape index (κ2) is 3.67. The minimum absolute atomic E-state index is 0.0828. The van der Waals surface area contributed by atoms with Gasteiger partial charge in [-0.3, -0.25) is 9.78 Å². The molecule has 1 aromatic carbocycles. The quantitative estimate of drug-likeness (QED) is 0.686. The first kappa shape index (κ1) is 10.7. The molecule has 0 amide bonds. The van der Waals surface area contributed by atoms with Crippen molar-refractivity contribution in [2.45, 2.75) is 20.8 Å². The van der Waals surface area contributed by atoms with Crippen molar-refractivity contribution in [2.24, 2.45) is 0 Å².